The highest BCUT2D eigenvalue weighted by Gasteiger charge is 2.68. The molecule has 0 unspecified atom stereocenters. The SMILES string of the molecule is CC(C)(C#Cc1ccc(-c2ccc(Cl)c3c(CS(=O)(=O)NC(=O)Cc4ccccc4OP(=O)(O)O)nn(CC(F)(F)F)c23)c([C@H](Cc2cc(F)cc(F)c2)NC(=O)Cn2nc(C(F)(F)F)c3c2C(F)(F)[C@@H]2C[C@H]32)n1)S(C)(=O)=O. The summed E-state index contributed by atoms with van der Waals surface area (Å²) < 4.78 is 216. The van der Waals surface area contributed by atoms with Crippen molar-refractivity contribution >= 4 is 62.0 Å². The zero-order valence-electron chi connectivity index (χ0n) is 40.1. The number of carbonyl (C=O) groups excluding carboxylic acids is 2. The summed E-state index contributed by atoms with van der Waals surface area (Å²) in [7, 11) is -14.1. The highest BCUT2D eigenvalue weighted by molar-refractivity contribution is 7.92. The number of rotatable bonds is 16. The summed E-state index contributed by atoms with van der Waals surface area (Å²) >= 11 is 6.61. The Morgan fingerprint density at radius 3 is 2.22 bits per heavy atom. The number of hydrogen-bond acceptors (Lipinski definition) is 11. The van der Waals surface area contributed by atoms with Gasteiger partial charge in [0.25, 0.3) is 5.92 Å². The van der Waals surface area contributed by atoms with Gasteiger partial charge in [0, 0.05) is 45.9 Å². The van der Waals surface area contributed by atoms with Crippen LogP contribution in [0.1, 0.15) is 77.4 Å². The molecule has 4 N–H and O–H groups in total. The number of carbonyl (C=O) groups is 2. The summed E-state index contributed by atoms with van der Waals surface area (Å²) in [6, 6.07) is 9.58. The summed E-state index contributed by atoms with van der Waals surface area (Å²) in [6.07, 6.45) is -11.4. The number of fused-ring (bicyclic) bond motifs is 4. The molecule has 3 aromatic carbocycles. The number of phosphoric acid groups is 1. The number of alkyl halides is 8. The van der Waals surface area contributed by atoms with E-state index >= 15 is 8.78 Å². The van der Waals surface area contributed by atoms with Crippen LogP contribution in [0, 0.1) is 29.4 Å². The van der Waals surface area contributed by atoms with Gasteiger partial charge in [0.2, 0.25) is 21.8 Å². The first-order valence-corrected chi connectivity index (χ1v) is 28.0. The molecule has 78 heavy (non-hydrogen) atoms. The molecule has 6 aromatic rings. The number of phosphoric ester groups is 1. The highest BCUT2D eigenvalue weighted by Crippen LogP contribution is 2.68. The third-order valence-corrected chi connectivity index (χ3v) is 16.4. The fourth-order valence-electron chi connectivity index (χ4n) is 8.92. The van der Waals surface area contributed by atoms with E-state index in [4.69, 9.17) is 11.6 Å². The van der Waals surface area contributed by atoms with Crippen LogP contribution >= 0.6 is 19.4 Å². The monoisotopic (exact) mass is 1180 g/mol. The number of para-hydroxylation sites is 1. The molecule has 0 saturated heterocycles. The van der Waals surface area contributed by atoms with Gasteiger partial charge < -0.3 is 9.84 Å². The van der Waals surface area contributed by atoms with E-state index < -0.39 is 174 Å². The molecule has 0 bridgehead atoms. The highest BCUT2D eigenvalue weighted by atomic mass is 35.5. The molecule has 416 valence electrons. The lowest BCUT2D eigenvalue weighted by Crippen LogP contribution is -2.35. The van der Waals surface area contributed by atoms with Crippen molar-refractivity contribution in [2.45, 2.75) is 86.9 Å². The lowest BCUT2D eigenvalue weighted by Gasteiger charge is -2.23. The van der Waals surface area contributed by atoms with Gasteiger partial charge >= 0.3 is 20.2 Å². The van der Waals surface area contributed by atoms with Crippen molar-refractivity contribution in [1.82, 2.24) is 34.6 Å². The van der Waals surface area contributed by atoms with Crippen molar-refractivity contribution in [3.8, 4) is 28.7 Å². The maximum Gasteiger partial charge on any atom is 0.524 e. The largest absolute Gasteiger partial charge is 0.524 e. The molecule has 8 rings (SSSR count). The Kier molecular flexibility index (Phi) is 15.0. The van der Waals surface area contributed by atoms with Crippen molar-refractivity contribution in [3.63, 3.8) is 0 Å². The molecule has 0 radical (unpaired) electrons. The molecular formula is C47H39ClF10N7O10PS2. The third-order valence-electron chi connectivity index (χ3n) is 12.5. The van der Waals surface area contributed by atoms with Gasteiger partial charge in [0.15, 0.2) is 15.5 Å². The quantitative estimate of drug-likeness (QED) is 0.0409. The lowest BCUT2D eigenvalue weighted by molar-refractivity contribution is -0.143. The molecular weight excluding hydrogens is 1140 g/mol. The second-order valence-corrected chi connectivity index (χ2v) is 24.6. The second-order valence-electron chi connectivity index (χ2n) is 18.8. The second kappa shape index (κ2) is 20.3. The number of nitrogens with one attached hydrogen (secondary N) is 2. The van der Waals surface area contributed by atoms with E-state index in [0.29, 0.717) is 10.7 Å². The van der Waals surface area contributed by atoms with Crippen molar-refractivity contribution in [2.75, 3.05) is 6.26 Å². The molecule has 17 nitrogen and oxygen atoms in total. The van der Waals surface area contributed by atoms with Crippen LogP contribution in [0.15, 0.2) is 66.7 Å². The summed E-state index contributed by atoms with van der Waals surface area (Å²) in [5.74, 6) is -8.34. The summed E-state index contributed by atoms with van der Waals surface area (Å²) in [5.41, 5.74) is -6.81. The number of benzene rings is 3. The Labute approximate surface area is 440 Å². The predicted octanol–water partition coefficient (Wildman–Crippen LogP) is 7.95. The molecule has 31 heteroatoms. The zero-order valence-corrected chi connectivity index (χ0v) is 43.4. The van der Waals surface area contributed by atoms with Crippen molar-refractivity contribution < 1.29 is 89.2 Å². The van der Waals surface area contributed by atoms with Crippen LogP contribution in [0.25, 0.3) is 22.0 Å². The Morgan fingerprint density at radius 1 is 0.936 bits per heavy atom. The van der Waals surface area contributed by atoms with Gasteiger partial charge in [-0.15, -0.1) is 0 Å². The fourth-order valence-corrected chi connectivity index (χ4v) is 10.9. The van der Waals surface area contributed by atoms with E-state index in [1.807, 2.05) is 0 Å². The molecule has 1 fully saturated rings. The van der Waals surface area contributed by atoms with Crippen LogP contribution in [-0.2, 0) is 77.8 Å². The normalized spacial score (nSPS) is 16.7. The zero-order chi connectivity index (χ0) is 57.5. The van der Waals surface area contributed by atoms with Crippen LogP contribution < -0.4 is 14.6 Å². The summed E-state index contributed by atoms with van der Waals surface area (Å²) in [4.78, 5) is 50.4. The molecule has 3 aromatic heterocycles. The van der Waals surface area contributed by atoms with E-state index in [1.54, 1.807) is 4.72 Å². The average Bonchev–Trinajstić information content (AvgIpc) is 4.04. The van der Waals surface area contributed by atoms with Crippen LogP contribution in [0.4, 0.5) is 43.9 Å². The van der Waals surface area contributed by atoms with Gasteiger partial charge in [-0.1, -0.05) is 41.8 Å². The first-order valence-electron chi connectivity index (χ1n) is 22.6. The van der Waals surface area contributed by atoms with Gasteiger partial charge in [0.1, 0.15) is 52.4 Å². The minimum absolute atomic E-state index is 0.179. The van der Waals surface area contributed by atoms with Gasteiger partial charge in [0.05, 0.1) is 34.4 Å². The Balaban J connectivity index is 1.27. The number of pyridine rings is 1. The number of halogens is 11. The van der Waals surface area contributed by atoms with Gasteiger partial charge in [-0.05, 0) is 80.5 Å². The molecule has 3 atom stereocenters. The molecule has 0 aliphatic heterocycles. The van der Waals surface area contributed by atoms with Crippen molar-refractivity contribution in [2.24, 2.45) is 5.92 Å². The first kappa shape index (κ1) is 57.6. The Bertz CT molecular complexity index is 3780. The number of aromatic nitrogens is 5. The van der Waals surface area contributed by atoms with E-state index in [2.05, 4.69) is 36.9 Å². The predicted molar refractivity (Wildman–Crippen MR) is 256 cm³/mol. The molecule has 2 amide bonds. The molecule has 0 spiro atoms. The maximum absolute atomic E-state index is 15.6. The number of sulfonamides is 1. The van der Waals surface area contributed by atoms with Crippen LogP contribution in [0.5, 0.6) is 5.75 Å². The topological polar surface area (TPSA) is 242 Å². The fraction of sp³-hybridized carbons (Fsp3) is 0.340. The number of amides is 2. The maximum atomic E-state index is 15.6. The smallest absolute Gasteiger partial charge is 0.404 e. The van der Waals surface area contributed by atoms with E-state index in [9.17, 15) is 75.9 Å². The third kappa shape index (κ3) is 12.5. The molecule has 1 saturated carbocycles. The molecule has 2 aliphatic carbocycles. The van der Waals surface area contributed by atoms with Gasteiger partial charge in [-0.25, -0.2) is 35.2 Å². The molecule has 3 heterocycles. The van der Waals surface area contributed by atoms with Crippen LogP contribution in [0.2, 0.25) is 5.02 Å². The van der Waals surface area contributed by atoms with E-state index in [0.717, 1.165) is 48.7 Å². The van der Waals surface area contributed by atoms with E-state index in [1.165, 1.54) is 32.0 Å². The lowest BCUT2D eigenvalue weighted by atomic mass is 9.93. The molecule has 2 aliphatic rings. The minimum atomic E-state index is -5.24. The minimum Gasteiger partial charge on any atom is -0.404 e. The van der Waals surface area contributed by atoms with Crippen LogP contribution in [0.3, 0.4) is 0 Å². The standard InChI is InChI=1S/C47H39ClF10N7O10PS2/c1-44(2,77(3,71)72)13-12-27-8-9-28(40(59-27)33(16-23-14-25(49)18-26(50)15-23)60-37(67)20-64-43-38(42(62-64)47(56,57)58)30-19-31(30)46(43,54)55)29-10-11-32(48)39-34(61-65(41(29)39)22-45(51,52)53)21-78(73,74)63-36(66)17-24-6-4-5-7-35(24)75-76(68,69)70/h4-11,14-15,18,30-31,33H,16-17,19-22H2,1-3H3,(H,60,67)(H,63,66)(H2,68,69,70)/t30-,31+,33-/m0/s1. The summed E-state index contributed by atoms with van der Waals surface area (Å²) in [5, 5.41) is 8.82. The summed E-state index contributed by atoms with van der Waals surface area (Å²) in [6.45, 7) is -0.829. The Morgan fingerprint density at radius 2 is 1.59 bits per heavy atom. The number of nitrogens with zero attached hydrogens (tertiary/aromatic N) is 5. The van der Waals surface area contributed by atoms with Crippen LogP contribution in [-0.4, -0.2) is 80.2 Å². The Hall–Kier alpha value is -6.57. The van der Waals surface area contributed by atoms with Crippen molar-refractivity contribution in [1.29, 1.82) is 0 Å². The van der Waals surface area contributed by atoms with Gasteiger partial charge in [-0.2, -0.15) is 45.3 Å². The average molecular weight is 1180 g/mol. The van der Waals surface area contributed by atoms with E-state index in [-0.39, 0.29) is 39.1 Å². The number of sulfone groups is 1. The first-order chi connectivity index (χ1) is 35.9. The van der Waals surface area contributed by atoms with Gasteiger partial charge in [-0.3, -0.25) is 33.5 Å². The number of hydrogen-bond donors (Lipinski definition) is 4. The van der Waals surface area contributed by atoms with Crippen molar-refractivity contribution in [3.05, 3.63) is 129 Å².